The lowest BCUT2D eigenvalue weighted by Gasteiger charge is -2.36. The molecule has 9 heteroatoms. The fourth-order valence-electron chi connectivity index (χ4n) is 4.64. The summed E-state index contributed by atoms with van der Waals surface area (Å²) in [5.74, 6) is -1.05. The second-order valence-electron chi connectivity index (χ2n) is 8.75. The molecular weight excluding hydrogens is 426 g/mol. The Morgan fingerprint density at radius 2 is 1.97 bits per heavy atom. The van der Waals surface area contributed by atoms with E-state index >= 15 is 0 Å². The lowest BCUT2D eigenvalue weighted by atomic mass is 9.77. The Bertz CT molecular complexity index is 1070. The van der Waals surface area contributed by atoms with Gasteiger partial charge >= 0.3 is 12.1 Å². The molecule has 1 saturated carbocycles. The summed E-state index contributed by atoms with van der Waals surface area (Å²) >= 11 is 0. The Kier molecular flexibility index (Phi) is 6.67. The highest BCUT2D eigenvalue weighted by Crippen LogP contribution is 2.43. The molecule has 33 heavy (non-hydrogen) atoms. The second-order valence-corrected chi connectivity index (χ2v) is 8.75. The Morgan fingerprint density at radius 3 is 2.64 bits per heavy atom. The first-order valence-electron chi connectivity index (χ1n) is 11.4. The van der Waals surface area contributed by atoms with Crippen LogP contribution in [0.25, 0.3) is 0 Å². The third-order valence-electron chi connectivity index (χ3n) is 6.46. The van der Waals surface area contributed by atoms with E-state index in [1.54, 1.807) is 0 Å². The van der Waals surface area contributed by atoms with E-state index in [4.69, 9.17) is 9.47 Å². The van der Waals surface area contributed by atoms with Gasteiger partial charge in [-0.3, -0.25) is 9.36 Å². The molecule has 1 amide bonds. The van der Waals surface area contributed by atoms with Crippen LogP contribution >= 0.6 is 0 Å². The number of benzene rings is 1. The molecule has 0 saturated heterocycles. The standard InChI is InChI=1S/C24H29N3O6/c1-2-3-13-32-19-18(21(29)30)25-22-24(11-9-16(10-12-24)14-27(22)20(19)28)26-23(31)33-15-17-7-5-4-6-8-17/h4-8,16H,2-3,9-15H2,1H3,(H,26,31)(H,29,30). The van der Waals surface area contributed by atoms with E-state index in [0.29, 0.717) is 25.8 Å². The number of fused-ring (bicyclic) bond motifs is 2. The minimum Gasteiger partial charge on any atom is -0.486 e. The summed E-state index contributed by atoms with van der Waals surface area (Å²) in [6.45, 7) is 2.75. The molecule has 9 nitrogen and oxygen atoms in total. The summed E-state index contributed by atoms with van der Waals surface area (Å²) in [5.41, 5.74) is -1.03. The molecule has 0 atom stereocenters. The van der Waals surface area contributed by atoms with Crippen LogP contribution in [0.2, 0.25) is 0 Å². The van der Waals surface area contributed by atoms with E-state index in [1.165, 1.54) is 4.57 Å². The first-order chi connectivity index (χ1) is 15.9. The Labute approximate surface area is 191 Å². The van der Waals surface area contributed by atoms with E-state index in [1.807, 2.05) is 37.3 Å². The number of carboxylic acid groups (broad SMARTS) is 1. The maximum Gasteiger partial charge on any atom is 0.408 e. The fourth-order valence-corrected chi connectivity index (χ4v) is 4.64. The number of amides is 1. The van der Waals surface area contributed by atoms with Crippen molar-refractivity contribution in [3.8, 4) is 5.75 Å². The highest BCUT2D eigenvalue weighted by molar-refractivity contribution is 5.88. The molecule has 3 heterocycles. The average molecular weight is 456 g/mol. The van der Waals surface area contributed by atoms with Gasteiger partial charge in [0.25, 0.3) is 5.56 Å². The molecule has 176 valence electrons. The first kappa shape index (κ1) is 22.8. The Balaban J connectivity index is 1.67. The second kappa shape index (κ2) is 9.64. The van der Waals surface area contributed by atoms with Crippen LogP contribution in [0.1, 0.15) is 67.3 Å². The summed E-state index contributed by atoms with van der Waals surface area (Å²) in [6, 6.07) is 9.33. The van der Waals surface area contributed by atoms with E-state index in [9.17, 15) is 19.5 Å². The van der Waals surface area contributed by atoms with Gasteiger partial charge in [0, 0.05) is 6.54 Å². The number of ether oxygens (including phenoxy) is 2. The number of hydrogen-bond acceptors (Lipinski definition) is 6. The van der Waals surface area contributed by atoms with Crippen molar-refractivity contribution < 1.29 is 24.2 Å². The van der Waals surface area contributed by atoms with Crippen molar-refractivity contribution >= 4 is 12.1 Å². The topological polar surface area (TPSA) is 120 Å². The molecule has 5 rings (SSSR count). The van der Waals surface area contributed by atoms with Crippen molar-refractivity contribution in [2.75, 3.05) is 6.61 Å². The zero-order chi connectivity index (χ0) is 23.4. The summed E-state index contributed by atoms with van der Waals surface area (Å²) < 4.78 is 12.5. The van der Waals surface area contributed by atoms with Crippen molar-refractivity contribution in [2.45, 2.75) is 64.1 Å². The van der Waals surface area contributed by atoms with Gasteiger partial charge in [0.2, 0.25) is 5.75 Å². The highest BCUT2D eigenvalue weighted by Gasteiger charge is 2.46. The van der Waals surface area contributed by atoms with Gasteiger partial charge in [0.05, 0.1) is 6.61 Å². The van der Waals surface area contributed by atoms with Crippen LogP contribution in [0.4, 0.5) is 4.79 Å². The van der Waals surface area contributed by atoms with Gasteiger partial charge in [0.1, 0.15) is 18.0 Å². The molecule has 2 bridgehead atoms. The van der Waals surface area contributed by atoms with Crippen LogP contribution in [0.5, 0.6) is 5.75 Å². The average Bonchev–Trinajstić information content (AvgIpc) is 3.06. The minimum atomic E-state index is -1.33. The maximum absolute atomic E-state index is 13.3. The molecule has 1 aromatic heterocycles. The predicted molar refractivity (Wildman–Crippen MR) is 119 cm³/mol. The zero-order valence-corrected chi connectivity index (χ0v) is 18.7. The maximum atomic E-state index is 13.3. The summed E-state index contributed by atoms with van der Waals surface area (Å²) in [7, 11) is 0. The highest BCUT2D eigenvalue weighted by atomic mass is 16.5. The number of rotatable bonds is 8. The molecule has 3 aliphatic rings. The number of alkyl carbamates (subject to hydrolysis) is 1. The monoisotopic (exact) mass is 455 g/mol. The molecule has 2 aliphatic heterocycles. The SMILES string of the molecule is CCCCOc1c(C(=O)O)nc2n(c1=O)CC1CCC2(NC(=O)OCc2ccccc2)CC1. The third kappa shape index (κ3) is 4.72. The quantitative estimate of drug-likeness (QED) is 0.585. The number of carboxylic acids is 1. The smallest absolute Gasteiger partial charge is 0.408 e. The van der Waals surface area contributed by atoms with Gasteiger partial charge in [-0.25, -0.2) is 14.6 Å². The summed E-state index contributed by atoms with van der Waals surface area (Å²) in [6.07, 6.45) is 3.61. The van der Waals surface area contributed by atoms with Crippen LogP contribution in [-0.4, -0.2) is 33.3 Å². The number of hydrogen-bond donors (Lipinski definition) is 2. The molecule has 0 unspecified atom stereocenters. The van der Waals surface area contributed by atoms with E-state index < -0.39 is 28.9 Å². The predicted octanol–water partition coefficient (Wildman–Crippen LogP) is 3.45. The molecule has 1 aromatic carbocycles. The van der Waals surface area contributed by atoms with E-state index in [0.717, 1.165) is 24.8 Å². The number of aromatic carboxylic acids is 1. The Morgan fingerprint density at radius 1 is 1.24 bits per heavy atom. The van der Waals surface area contributed by atoms with Gasteiger partial charge in [0.15, 0.2) is 5.69 Å². The largest absolute Gasteiger partial charge is 0.486 e. The van der Waals surface area contributed by atoms with Gasteiger partial charge in [-0.1, -0.05) is 43.7 Å². The molecule has 0 radical (unpaired) electrons. The molecule has 0 spiro atoms. The lowest BCUT2D eigenvalue weighted by Crippen LogP contribution is -2.50. The normalized spacial score (nSPS) is 21.1. The van der Waals surface area contributed by atoms with Gasteiger partial charge in [-0.15, -0.1) is 0 Å². The van der Waals surface area contributed by atoms with Crippen LogP contribution in [0.3, 0.4) is 0 Å². The number of nitrogens with zero attached hydrogens (tertiary/aromatic N) is 2. The summed E-state index contributed by atoms with van der Waals surface area (Å²) in [5, 5.41) is 12.7. The lowest BCUT2D eigenvalue weighted by molar-refractivity contribution is 0.0682. The number of aromatic nitrogens is 2. The van der Waals surface area contributed by atoms with Crippen LogP contribution < -0.4 is 15.6 Å². The van der Waals surface area contributed by atoms with E-state index in [-0.39, 0.29) is 30.7 Å². The fraction of sp³-hybridized carbons (Fsp3) is 0.500. The number of carbonyl (C=O) groups excluding carboxylic acids is 1. The molecule has 1 aliphatic carbocycles. The third-order valence-corrected chi connectivity index (χ3v) is 6.46. The van der Waals surface area contributed by atoms with Crippen LogP contribution in [-0.2, 0) is 23.4 Å². The van der Waals surface area contributed by atoms with Gasteiger partial charge < -0.3 is 19.9 Å². The number of nitrogens with one attached hydrogen (secondary N) is 1. The molecule has 2 aromatic rings. The number of carbonyl (C=O) groups is 2. The Hall–Kier alpha value is -3.36. The van der Waals surface area contributed by atoms with E-state index in [2.05, 4.69) is 10.3 Å². The molecular formula is C24H29N3O6. The van der Waals surface area contributed by atoms with Crippen LogP contribution in [0.15, 0.2) is 35.1 Å². The first-order valence-corrected chi connectivity index (χ1v) is 11.4. The van der Waals surface area contributed by atoms with Crippen molar-refractivity contribution in [1.29, 1.82) is 0 Å². The number of unbranched alkanes of at least 4 members (excludes halogenated alkanes) is 1. The minimum absolute atomic E-state index is 0.107. The molecule has 2 N–H and O–H groups in total. The summed E-state index contributed by atoms with van der Waals surface area (Å²) in [4.78, 5) is 42.4. The zero-order valence-electron chi connectivity index (χ0n) is 18.7. The van der Waals surface area contributed by atoms with Crippen molar-refractivity contribution in [3.05, 3.63) is 57.8 Å². The van der Waals surface area contributed by atoms with Crippen molar-refractivity contribution in [3.63, 3.8) is 0 Å². The van der Waals surface area contributed by atoms with Crippen LogP contribution in [0, 0.1) is 5.92 Å². The molecule has 1 fully saturated rings. The van der Waals surface area contributed by atoms with Gasteiger partial charge in [-0.05, 0) is 43.6 Å². The van der Waals surface area contributed by atoms with Gasteiger partial charge in [-0.2, -0.15) is 0 Å². The van der Waals surface area contributed by atoms with Crippen molar-refractivity contribution in [1.82, 2.24) is 14.9 Å². The van der Waals surface area contributed by atoms with Crippen molar-refractivity contribution in [2.24, 2.45) is 5.92 Å².